The molecule has 3 aromatic rings. The highest BCUT2D eigenvalue weighted by Crippen LogP contribution is 2.34. The van der Waals surface area contributed by atoms with Gasteiger partial charge in [-0.05, 0) is 92.1 Å². The first-order chi connectivity index (χ1) is 16.1. The molecule has 0 radical (unpaired) electrons. The molecule has 1 unspecified atom stereocenters. The van der Waals surface area contributed by atoms with Crippen LogP contribution in [0.25, 0.3) is 11.1 Å². The fourth-order valence-electron chi connectivity index (χ4n) is 4.42. The molecule has 1 atom stereocenters. The number of hydrogen-bond acceptors (Lipinski definition) is 3. The first-order valence-corrected chi connectivity index (χ1v) is 12.6. The summed E-state index contributed by atoms with van der Waals surface area (Å²) in [5, 5.41) is 9.49. The number of nitrogens with zero attached hydrogens (tertiary/aromatic N) is 1. The fourth-order valence-corrected chi connectivity index (χ4v) is 5.64. The van der Waals surface area contributed by atoms with Crippen LogP contribution < -0.4 is 4.74 Å². The molecule has 1 aliphatic rings. The number of aliphatic carboxylic acids is 1. The summed E-state index contributed by atoms with van der Waals surface area (Å²) < 4.78 is 21.0. The summed E-state index contributed by atoms with van der Waals surface area (Å²) in [6.45, 7) is 8.21. The van der Waals surface area contributed by atoms with E-state index in [1.165, 1.54) is 15.4 Å². The minimum atomic E-state index is -1.61. The second-order valence-electron chi connectivity index (χ2n) is 9.54. The maximum Gasteiger partial charge on any atom is 0.318 e. The maximum absolute atomic E-state index is 13.4. The highest BCUT2D eigenvalue weighted by atomic mass is 32.2. The molecule has 0 bridgehead atoms. The van der Waals surface area contributed by atoms with Crippen LogP contribution in [0.3, 0.4) is 0 Å². The van der Waals surface area contributed by atoms with Crippen LogP contribution in [0.2, 0.25) is 0 Å². The van der Waals surface area contributed by atoms with E-state index < -0.39 is 17.0 Å². The van der Waals surface area contributed by atoms with Gasteiger partial charge < -0.3 is 9.84 Å². The summed E-state index contributed by atoms with van der Waals surface area (Å²) >= 11 is 0. The SMILES string of the molecule is Cc1ccccc1-c1ccc(CN(CC(=O)O)S(=O)c2ccc3c(c2)CCC(C)(C)O3)cc1C. The Kier molecular flexibility index (Phi) is 6.91. The number of ether oxygens (including phenoxy) is 1. The third-order valence-electron chi connectivity index (χ3n) is 6.25. The number of hydrogen-bond donors (Lipinski definition) is 1. The average molecular weight is 478 g/mol. The van der Waals surface area contributed by atoms with Gasteiger partial charge in [0.2, 0.25) is 0 Å². The van der Waals surface area contributed by atoms with Gasteiger partial charge in [-0.3, -0.25) is 4.79 Å². The highest BCUT2D eigenvalue weighted by Gasteiger charge is 2.28. The molecule has 4 rings (SSSR count). The Hall–Kier alpha value is -2.96. The first kappa shape index (κ1) is 24.2. The molecule has 0 fully saturated rings. The lowest BCUT2D eigenvalue weighted by Gasteiger charge is -2.32. The molecule has 0 saturated heterocycles. The van der Waals surface area contributed by atoms with Crippen LogP contribution in [0.5, 0.6) is 5.75 Å². The zero-order valence-electron chi connectivity index (χ0n) is 20.1. The number of fused-ring (bicyclic) bond motifs is 1. The summed E-state index contributed by atoms with van der Waals surface area (Å²) in [5.74, 6) is -0.200. The average Bonchev–Trinajstić information content (AvgIpc) is 2.78. The highest BCUT2D eigenvalue weighted by molar-refractivity contribution is 7.82. The van der Waals surface area contributed by atoms with Gasteiger partial charge in [-0.25, -0.2) is 8.51 Å². The molecule has 0 spiro atoms. The topological polar surface area (TPSA) is 66.8 Å². The van der Waals surface area contributed by atoms with Gasteiger partial charge in [0, 0.05) is 6.54 Å². The monoisotopic (exact) mass is 477 g/mol. The van der Waals surface area contributed by atoms with E-state index in [0.29, 0.717) is 4.90 Å². The Labute approximate surface area is 204 Å². The largest absolute Gasteiger partial charge is 0.488 e. The standard InChI is InChI=1S/C28H31NO4S/c1-19-7-5-6-8-24(19)25-11-9-21(15-20(25)2)17-29(18-27(30)31)34(32)23-10-12-26-22(16-23)13-14-28(3,4)33-26/h5-12,15-16H,13-14,17-18H2,1-4H3,(H,30,31). The van der Waals surface area contributed by atoms with Gasteiger partial charge in [0.25, 0.3) is 0 Å². The Morgan fingerprint density at radius 2 is 1.76 bits per heavy atom. The van der Waals surface area contributed by atoms with E-state index in [0.717, 1.165) is 40.8 Å². The van der Waals surface area contributed by atoms with E-state index in [-0.39, 0.29) is 18.7 Å². The van der Waals surface area contributed by atoms with Crippen molar-refractivity contribution < 1.29 is 18.8 Å². The molecule has 5 nitrogen and oxygen atoms in total. The molecule has 1 N–H and O–H groups in total. The molecular formula is C28H31NO4S. The van der Waals surface area contributed by atoms with Crippen molar-refractivity contribution in [2.24, 2.45) is 0 Å². The van der Waals surface area contributed by atoms with Gasteiger partial charge in [-0.2, -0.15) is 0 Å². The van der Waals surface area contributed by atoms with Crippen LogP contribution in [-0.2, 0) is 28.7 Å². The van der Waals surface area contributed by atoms with Crippen LogP contribution in [-0.4, -0.2) is 31.7 Å². The van der Waals surface area contributed by atoms with Crippen LogP contribution >= 0.6 is 0 Å². The molecule has 34 heavy (non-hydrogen) atoms. The molecule has 3 aromatic carbocycles. The number of benzene rings is 3. The summed E-state index contributed by atoms with van der Waals surface area (Å²) in [7, 11) is -1.61. The first-order valence-electron chi connectivity index (χ1n) is 11.5. The van der Waals surface area contributed by atoms with Crippen LogP contribution in [0.1, 0.15) is 42.5 Å². The zero-order valence-corrected chi connectivity index (χ0v) is 20.9. The molecular weight excluding hydrogens is 446 g/mol. The molecule has 0 aliphatic carbocycles. The molecule has 0 amide bonds. The number of rotatable bonds is 7. The minimum absolute atomic E-state index is 0.217. The molecule has 0 aromatic heterocycles. The van der Waals surface area contributed by atoms with E-state index in [4.69, 9.17) is 4.74 Å². The number of carboxylic acid groups (broad SMARTS) is 1. The Morgan fingerprint density at radius 3 is 2.47 bits per heavy atom. The molecule has 6 heteroatoms. The van der Waals surface area contributed by atoms with Crippen molar-refractivity contribution in [3.63, 3.8) is 0 Å². The Bertz CT molecular complexity index is 1250. The van der Waals surface area contributed by atoms with Crippen LogP contribution in [0.4, 0.5) is 0 Å². The maximum atomic E-state index is 13.4. The third-order valence-corrected chi connectivity index (χ3v) is 7.63. The van der Waals surface area contributed by atoms with E-state index in [2.05, 4.69) is 52.0 Å². The van der Waals surface area contributed by atoms with Crippen molar-refractivity contribution in [2.45, 2.75) is 57.6 Å². The zero-order chi connectivity index (χ0) is 24.5. The lowest BCUT2D eigenvalue weighted by Crippen LogP contribution is -2.33. The number of aryl methyl sites for hydroxylation is 3. The van der Waals surface area contributed by atoms with Crippen LogP contribution in [0, 0.1) is 13.8 Å². The van der Waals surface area contributed by atoms with Gasteiger partial charge in [0.15, 0.2) is 0 Å². The predicted molar refractivity (Wildman–Crippen MR) is 135 cm³/mol. The predicted octanol–water partition coefficient (Wildman–Crippen LogP) is 5.68. The van der Waals surface area contributed by atoms with Gasteiger partial charge in [-0.1, -0.05) is 42.5 Å². The number of carbonyl (C=O) groups is 1. The van der Waals surface area contributed by atoms with Crippen molar-refractivity contribution in [3.05, 3.63) is 82.9 Å². The molecule has 178 valence electrons. The van der Waals surface area contributed by atoms with Gasteiger partial charge in [0.05, 0.1) is 4.90 Å². The second kappa shape index (κ2) is 9.72. The van der Waals surface area contributed by atoms with Gasteiger partial charge >= 0.3 is 5.97 Å². The van der Waals surface area contributed by atoms with E-state index in [9.17, 15) is 14.1 Å². The summed E-state index contributed by atoms with van der Waals surface area (Å²) in [6, 6.07) is 19.9. The Morgan fingerprint density at radius 1 is 1.03 bits per heavy atom. The normalized spacial score (nSPS) is 15.4. The van der Waals surface area contributed by atoms with Crippen molar-refractivity contribution in [1.29, 1.82) is 0 Å². The third kappa shape index (κ3) is 5.40. The fraction of sp³-hybridized carbons (Fsp3) is 0.321. The van der Waals surface area contributed by atoms with Gasteiger partial charge in [0.1, 0.15) is 28.9 Å². The number of carboxylic acids is 1. The van der Waals surface area contributed by atoms with Crippen molar-refractivity contribution >= 4 is 17.0 Å². The minimum Gasteiger partial charge on any atom is -0.488 e. The smallest absolute Gasteiger partial charge is 0.318 e. The summed E-state index contributed by atoms with van der Waals surface area (Å²) in [6.07, 6.45) is 1.72. The van der Waals surface area contributed by atoms with Gasteiger partial charge in [-0.15, -0.1) is 0 Å². The van der Waals surface area contributed by atoms with Crippen molar-refractivity contribution in [1.82, 2.24) is 4.31 Å². The molecule has 1 heterocycles. The van der Waals surface area contributed by atoms with E-state index in [1.54, 1.807) is 6.07 Å². The lowest BCUT2D eigenvalue weighted by molar-refractivity contribution is -0.137. The quantitative estimate of drug-likeness (QED) is 0.475. The molecule has 0 saturated carbocycles. The van der Waals surface area contributed by atoms with Crippen molar-refractivity contribution in [3.8, 4) is 16.9 Å². The van der Waals surface area contributed by atoms with E-state index in [1.807, 2.05) is 30.3 Å². The Balaban J connectivity index is 1.58. The molecule has 1 aliphatic heterocycles. The lowest BCUT2D eigenvalue weighted by atomic mass is 9.94. The van der Waals surface area contributed by atoms with E-state index >= 15 is 0 Å². The summed E-state index contributed by atoms with van der Waals surface area (Å²) in [4.78, 5) is 12.2. The van der Waals surface area contributed by atoms with Crippen LogP contribution in [0.15, 0.2) is 65.6 Å². The summed E-state index contributed by atoms with van der Waals surface area (Å²) in [5.41, 5.74) is 6.34. The van der Waals surface area contributed by atoms with Crippen molar-refractivity contribution in [2.75, 3.05) is 6.54 Å². The second-order valence-corrected chi connectivity index (χ2v) is 11.0.